The second kappa shape index (κ2) is 9.20. The van der Waals surface area contributed by atoms with Crippen LogP contribution < -0.4 is 5.48 Å². The largest absolute Gasteiger partial charge is 0.297 e. The van der Waals surface area contributed by atoms with Crippen LogP contribution in [0.15, 0.2) is 30.3 Å². The Morgan fingerprint density at radius 3 is 2.59 bits per heavy atom. The molecule has 2 nitrogen and oxygen atoms in total. The zero-order chi connectivity index (χ0) is 12.3. The highest BCUT2D eigenvalue weighted by atomic mass is 16.6. The van der Waals surface area contributed by atoms with Crippen LogP contribution in [0.2, 0.25) is 0 Å². The standard InChI is InChI=1S/C15H25NO/c1-3-5-9-14(4-2)12-16-17-13-15-10-7-6-8-11-15/h6-8,10-11,14,16H,3-5,9,12-13H2,1-2H3. The van der Waals surface area contributed by atoms with Crippen molar-refractivity contribution in [3.05, 3.63) is 35.9 Å². The van der Waals surface area contributed by atoms with Gasteiger partial charge in [0, 0.05) is 6.54 Å². The van der Waals surface area contributed by atoms with Crippen LogP contribution in [-0.2, 0) is 11.4 Å². The maximum atomic E-state index is 5.48. The van der Waals surface area contributed by atoms with Gasteiger partial charge in [0.15, 0.2) is 0 Å². The summed E-state index contributed by atoms with van der Waals surface area (Å²) >= 11 is 0. The molecule has 0 spiro atoms. The molecule has 1 aromatic rings. The van der Waals surface area contributed by atoms with Gasteiger partial charge in [0.05, 0.1) is 6.61 Å². The number of hydroxylamine groups is 1. The maximum Gasteiger partial charge on any atom is 0.0933 e. The highest BCUT2D eigenvalue weighted by Gasteiger charge is 2.04. The van der Waals surface area contributed by atoms with Crippen molar-refractivity contribution in [2.45, 2.75) is 46.1 Å². The fraction of sp³-hybridized carbons (Fsp3) is 0.600. The Labute approximate surface area is 105 Å². The summed E-state index contributed by atoms with van der Waals surface area (Å²) in [5.74, 6) is 0.741. The molecule has 0 saturated carbocycles. The van der Waals surface area contributed by atoms with Gasteiger partial charge in [0.1, 0.15) is 0 Å². The molecular formula is C15H25NO. The molecule has 0 amide bonds. The zero-order valence-corrected chi connectivity index (χ0v) is 11.1. The Hall–Kier alpha value is -0.860. The SMILES string of the molecule is CCCCC(CC)CNOCc1ccccc1. The number of nitrogens with one attached hydrogen (secondary N) is 1. The van der Waals surface area contributed by atoms with Crippen LogP contribution in [0.4, 0.5) is 0 Å². The van der Waals surface area contributed by atoms with E-state index in [2.05, 4.69) is 31.5 Å². The Morgan fingerprint density at radius 2 is 1.94 bits per heavy atom. The van der Waals surface area contributed by atoms with Crippen LogP contribution in [0.3, 0.4) is 0 Å². The van der Waals surface area contributed by atoms with Gasteiger partial charge in [-0.15, -0.1) is 0 Å². The second-order valence-corrected chi connectivity index (χ2v) is 4.54. The average molecular weight is 235 g/mol. The smallest absolute Gasteiger partial charge is 0.0933 e. The molecule has 0 aromatic heterocycles. The molecule has 0 bridgehead atoms. The summed E-state index contributed by atoms with van der Waals surface area (Å²) < 4.78 is 0. The summed E-state index contributed by atoms with van der Waals surface area (Å²) in [6.45, 7) is 6.10. The first-order valence-corrected chi connectivity index (χ1v) is 6.75. The minimum atomic E-state index is 0.644. The van der Waals surface area contributed by atoms with Crippen LogP contribution in [0, 0.1) is 5.92 Å². The summed E-state index contributed by atoms with van der Waals surface area (Å²) in [7, 11) is 0. The summed E-state index contributed by atoms with van der Waals surface area (Å²) in [5.41, 5.74) is 4.30. The lowest BCUT2D eigenvalue weighted by molar-refractivity contribution is 0.0184. The lowest BCUT2D eigenvalue weighted by Crippen LogP contribution is -2.22. The molecule has 1 rings (SSSR count). The molecule has 1 N–H and O–H groups in total. The Morgan fingerprint density at radius 1 is 1.18 bits per heavy atom. The third-order valence-corrected chi connectivity index (χ3v) is 3.10. The summed E-state index contributed by atoms with van der Waals surface area (Å²) in [6.07, 6.45) is 5.12. The lowest BCUT2D eigenvalue weighted by Gasteiger charge is -2.15. The molecule has 0 fully saturated rings. The number of rotatable bonds is 9. The molecule has 0 aliphatic rings. The van der Waals surface area contributed by atoms with Crippen molar-refractivity contribution in [3.63, 3.8) is 0 Å². The number of unbranched alkanes of at least 4 members (excludes halogenated alkanes) is 1. The molecule has 0 radical (unpaired) electrons. The third kappa shape index (κ3) is 6.44. The average Bonchev–Trinajstić information content (AvgIpc) is 2.39. The maximum absolute atomic E-state index is 5.48. The molecule has 0 saturated heterocycles. The summed E-state index contributed by atoms with van der Waals surface area (Å²) in [5, 5.41) is 0. The predicted octanol–water partition coefficient (Wildman–Crippen LogP) is 3.92. The van der Waals surface area contributed by atoms with Gasteiger partial charge in [-0.3, -0.25) is 4.84 Å². The van der Waals surface area contributed by atoms with Gasteiger partial charge in [-0.05, 0) is 17.9 Å². The number of hydrogen-bond acceptors (Lipinski definition) is 2. The molecule has 17 heavy (non-hydrogen) atoms. The molecular weight excluding hydrogens is 210 g/mol. The molecule has 0 heterocycles. The van der Waals surface area contributed by atoms with Gasteiger partial charge in [-0.25, -0.2) is 5.48 Å². The minimum Gasteiger partial charge on any atom is -0.297 e. The van der Waals surface area contributed by atoms with Gasteiger partial charge >= 0.3 is 0 Å². The van der Waals surface area contributed by atoms with Crippen LogP contribution in [0.1, 0.15) is 45.1 Å². The summed E-state index contributed by atoms with van der Waals surface area (Å²) in [4.78, 5) is 5.48. The van der Waals surface area contributed by atoms with E-state index in [0.717, 1.165) is 12.5 Å². The Balaban J connectivity index is 2.10. The lowest BCUT2D eigenvalue weighted by atomic mass is 10.00. The highest BCUT2D eigenvalue weighted by Crippen LogP contribution is 2.11. The van der Waals surface area contributed by atoms with Crippen molar-refractivity contribution in [2.75, 3.05) is 6.54 Å². The van der Waals surface area contributed by atoms with E-state index in [-0.39, 0.29) is 0 Å². The van der Waals surface area contributed by atoms with E-state index < -0.39 is 0 Å². The molecule has 1 atom stereocenters. The van der Waals surface area contributed by atoms with Crippen molar-refractivity contribution in [2.24, 2.45) is 5.92 Å². The molecule has 1 unspecified atom stereocenters. The van der Waals surface area contributed by atoms with Gasteiger partial charge < -0.3 is 0 Å². The first-order chi connectivity index (χ1) is 8.36. The van der Waals surface area contributed by atoms with E-state index in [1.165, 1.54) is 31.2 Å². The normalized spacial score (nSPS) is 12.6. The number of benzene rings is 1. The Bertz CT molecular complexity index is 274. The van der Waals surface area contributed by atoms with Gasteiger partial charge in [0.2, 0.25) is 0 Å². The fourth-order valence-corrected chi connectivity index (χ4v) is 1.83. The Kier molecular flexibility index (Phi) is 7.69. The second-order valence-electron chi connectivity index (χ2n) is 4.54. The predicted molar refractivity (Wildman–Crippen MR) is 72.5 cm³/mol. The molecule has 0 aliphatic heterocycles. The molecule has 0 aliphatic carbocycles. The van der Waals surface area contributed by atoms with Gasteiger partial charge in [-0.1, -0.05) is 63.4 Å². The first kappa shape index (κ1) is 14.2. The third-order valence-electron chi connectivity index (χ3n) is 3.10. The van der Waals surface area contributed by atoms with E-state index in [1.54, 1.807) is 0 Å². The highest BCUT2D eigenvalue weighted by molar-refractivity contribution is 5.13. The van der Waals surface area contributed by atoms with E-state index in [0.29, 0.717) is 6.61 Å². The van der Waals surface area contributed by atoms with Gasteiger partial charge in [-0.2, -0.15) is 0 Å². The zero-order valence-electron chi connectivity index (χ0n) is 11.1. The quantitative estimate of drug-likeness (QED) is 0.517. The van der Waals surface area contributed by atoms with Crippen molar-refractivity contribution < 1.29 is 4.84 Å². The van der Waals surface area contributed by atoms with Crippen LogP contribution in [-0.4, -0.2) is 6.54 Å². The van der Waals surface area contributed by atoms with E-state index in [1.807, 2.05) is 18.2 Å². The molecule has 1 aromatic carbocycles. The fourth-order valence-electron chi connectivity index (χ4n) is 1.83. The molecule has 96 valence electrons. The number of hydrogen-bond donors (Lipinski definition) is 1. The summed E-state index contributed by atoms with van der Waals surface area (Å²) in [6, 6.07) is 10.3. The van der Waals surface area contributed by atoms with E-state index >= 15 is 0 Å². The molecule has 2 heteroatoms. The minimum absolute atomic E-state index is 0.644. The van der Waals surface area contributed by atoms with Crippen molar-refractivity contribution in [1.82, 2.24) is 5.48 Å². The van der Waals surface area contributed by atoms with Crippen molar-refractivity contribution in [3.8, 4) is 0 Å². The van der Waals surface area contributed by atoms with Crippen LogP contribution in [0.25, 0.3) is 0 Å². The van der Waals surface area contributed by atoms with Crippen molar-refractivity contribution >= 4 is 0 Å². The first-order valence-electron chi connectivity index (χ1n) is 6.75. The monoisotopic (exact) mass is 235 g/mol. The topological polar surface area (TPSA) is 21.3 Å². The van der Waals surface area contributed by atoms with Crippen LogP contribution >= 0.6 is 0 Å². The van der Waals surface area contributed by atoms with Crippen molar-refractivity contribution in [1.29, 1.82) is 0 Å². The van der Waals surface area contributed by atoms with E-state index in [4.69, 9.17) is 4.84 Å². The van der Waals surface area contributed by atoms with E-state index in [9.17, 15) is 0 Å². The van der Waals surface area contributed by atoms with Gasteiger partial charge in [0.25, 0.3) is 0 Å². The van der Waals surface area contributed by atoms with Crippen LogP contribution in [0.5, 0.6) is 0 Å².